The van der Waals surface area contributed by atoms with Crippen molar-refractivity contribution in [2.75, 3.05) is 39.5 Å². The van der Waals surface area contributed by atoms with Crippen LogP contribution >= 0.6 is 0 Å². The summed E-state index contributed by atoms with van der Waals surface area (Å²) in [5.41, 5.74) is -0.149. The van der Waals surface area contributed by atoms with Gasteiger partial charge in [0.05, 0.1) is 18.8 Å². The molecule has 0 spiro atoms. The summed E-state index contributed by atoms with van der Waals surface area (Å²) in [5, 5.41) is 2.59. The van der Waals surface area contributed by atoms with Crippen molar-refractivity contribution in [1.82, 2.24) is 9.62 Å². The predicted molar refractivity (Wildman–Crippen MR) is 94.2 cm³/mol. The van der Waals surface area contributed by atoms with Gasteiger partial charge in [-0.15, -0.1) is 0 Å². The van der Waals surface area contributed by atoms with Crippen molar-refractivity contribution in [3.05, 3.63) is 29.6 Å². The Morgan fingerprint density at radius 2 is 2.00 bits per heavy atom. The zero-order valence-electron chi connectivity index (χ0n) is 15.1. The average molecular weight is 402 g/mol. The van der Waals surface area contributed by atoms with E-state index >= 15 is 0 Å². The van der Waals surface area contributed by atoms with Gasteiger partial charge >= 0.3 is 5.97 Å². The zero-order valence-corrected chi connectivity index (χ0v) is 15.9. The summed E-state index contributed by atoms with van der Waals surface area (Å²) < 4.78 is 50.4. The van der Waals surface area contributed by atoms with E-state index < -0.39 is 39.2 Å². The lowest BCUT2D eigenvalue weighted by Crippen LogP contribution is -2.41. The van der Waals surface area contributed by atoms with Crippen LogP contribution in [-0.4, -0.2) is 64.1 Å². The molecule has 1 aliphatic rings. The first kappa shape index (κ1) is 21.3. The van der Waals surface area contributed by atoms with Crippen molar-refractivity contribution in [3.8, 4) is 0 Å². The van der Waals surface area contributed by atoms with Crippen LogP contribution in [0.4, 0.5) is 4.39 Å². The molecule has 0 aliphatic carbocycles. The molecule has 2 rings (SSSR count). The fraction of sp³-hybridized carbons (Fsp3) is 0.529. The maximum atomic E-state index is 14.1. The number of nitrogens with one attached hydrogen (secondary N) is 1. The van der Waals surface area contributed by atoms with Gasteiger partial charge < -0.3 is 14.8 Å². The number of carbonyl (C=O) groups excluding carboxylic acids is 2. The van der Waals surface area contributed by atoms with E-state index in [9.17, 15) is 22.4 Å². The van der Waals surface area contributed by atoms with E-state index in [0.717, 1.165) is 35.3 Å². The number of ether oxygens (including phenoxy) is 2. The number of sulfonamides is 1. The summed E-state index contributed by atoms with van der Waals surface area (Å²) in [6.07, 6.45) is 1.72. The van der Waals surface area contributed by atoms with Gasteiger partial charge in [-0.2, -0.15) is 4.31 Å². The first-order chi connectivity index (χ1) is 12.9. The summed E-state index contributed by atoms with van der Waals surface area (Å²) in [4.78, 5) is 23.1. The van der Waals surface area contributed by atoms with Crippen molar-refractivity contribution in [2.24, 2.45) is 0 Å². The van der Waals surface area contributed by atoms with Crippen LogP contribution in [0.15, 0.2) is 23.1 Å². The summed E-state index contributed by atoms with van der Waals surface area (Å²) in [5.74, 6) is -2.32. The van der Waals surface area contributed by atoms with Crippen molar-refractivity contribution in [2.45, 2.75) is 24.7 Å². The summed E-state index contributed by atoms with van der Waals surface area (Å²) >= 11 is 0. The molecular formula is C17H23FN2O6S. The van der Waals surface area contributed by atoms with Gasteiger partial charge in [-0.1, -0.05) is 13.3 Å². The molecule has 8 nitrogen and oxygen atoms in total. The lowest BCUT2D eigenvalue weighted by Gasteiger charge is -2.26. The molecule has 10 heteroatoms. The number of benzene rings is 1. The number of esters is 1. The largest absolute Gasteiger partial charge is 0.452 e. The van der Waals surface area contributed by atoms with Crippen LogP contribution in [0.3, 0.4) is 0 Å². The fourth-order valence-corrected chi connectivity index (χ4v) is 3.92. The van der Waals surface area contributed by atoms with E-state index in [1.807, 2.05) is 6.92 Å². The first-order valence-electron chi connectivity index (χ1n) is 8.67. The monoisotopic (exact) mass is 402 g/mol. The maximum Gasteiger partial charge on any atom is 0.338 e. The van der Waals surface area contributed by atoms with E-state index in [1.165, 1.54) is 0 Å². The lowest BCUT2D eigenvalue weighted by atomic mass is 10.2. The topological polar surface area (TPSA) is 102 Å². The molecular weight excluding hydrogens is 379 g/mol. The molecule has 1 aliphatic heterocycles. The van der Waals surface area contributed by atoms with Gasteiger partial charge in [-0.3, -0.25) is 4.79 Å². The molecule has 1 aromatic carbocycles. The Kier molecular flexibility index (Phi) is 7.69. The second-order valence-corrected chi connectivity index (χ2v) is 7.85. The molecule has 1 saturated heterocycles. The van der Waals surface area contributed by atoms with Gasteiger partial charge in [0.1, 0.15) is 10.7 Å². The highest BCUT2D eigenvalue weighted by Crippen LogP contribution is 2.22. The average Bonchev–Trinajstić information content (AvgIpc) is 2.67. The minimum atomic E-state index is -4.10. The molecule has 0 unspecified atom stereocenters. The first-order valence-corrected chi connectivity index (χ1v) is 10.1. The number of hydrogen-bond donors (Lipinski definition) is 1. The molecule has 1 aromatic rings. The summed E-state index contributed by atoms with van der Waals surface area (Å²) in [6.45, 7) is 2.61. The minimum absolute atomic E-state index is 0.106. The highest BCUT2D eigenvalue weighted by atomic mass is 32.2. The highest BCUT2D eigenvalue weighted by molar-refractivity contribution is 7.89. The van der Waals surface area contributed by atoms with Crippen molar-refractivity contribution < 1.29 is 31.9 Å². The van der Waals surface area contributed by atoms with Crippen LogP contribution in [0.5, 0.6) is 0 Å². The molecule has 0 aromatic heterocycles. The Balaban J connectivity index is 2.07. The Hall–Kier alpha value is -2.04. The number of rotatable bonds is 8. The van der Waals surface area contributed by atoms with Crippen molar-refractivity contribution in [3.63, 3.8) is 0 Å². The molecule has 0 radical (unpaired) electrons. The number of amides is 1. The molecule has 1 heterocycles. The van der Waals surface area contributed by atoms with Gasteiger partial charge in [0, 0.05) is 19.6 Å². The van der Waals surface area contributed by atoms with Crippen LogP contribution in [0, 0.1) is 5.82 Å². The normalized spacial score (nSPS) is 15.3. The number of unbranched alkanes of at least 4 members (excludes halogenated alkanes) is 1. The molecule has 1 amide bonds. The molecule has 0 bridgehead atoms. The Morgan fingerprint density at radius 3 is 2.67 bits per heavy atom. The third-order valence-corrected chi connectivity index (χ3v) is 5.86. The molecule has 0 atom stereocenters. The quantitative estimate of drug-likeness (QED) is 0.513. The Labute approximate surface area is 157 Å². The molecule has 27 heavy (non-hydrogen) atoms. The number of halogens is 1. The number of nitrogens with zero attached hydrogens (tertiary/aromatic N) is 1. The maximum absolute atomic E-state index is 14.1. The molecule has 1 fully saturated rings. The van der Waals surface area contributed by atoms with Gasteiger partial charge in [0.25, 0.3) is 5.91 Å². The molecule has 1 N–H and O–H groups in total. The third-order valence-electron chi connectivity index (χ3n) is 3.94. The lowest BCUT2D eigenvalue weighted by molar-refractivity contribution is -0.124. The van der Waals surface area contributed by atoms with Crippen LogP contribution in [0.2, 0.25) is 0 Å². The van der Waals surface area contributed by atoms with Gasteiger partial charge in [-0.05, 0) is 24.6 Å². The van der Waals surface area contributed by atoms with E-state index in [-0.39, 0.29) is 31.9 Å². The van der Waals surface area contributed by atoms with E-state index in [0.29, 0.717) is 6.54 Å². The second-order valence-electron chi connectivity index (χ2n) is 5.94. The van der Waals surface area contributed by atoms with Crippen LogP contribution in [0.25, 0.3) is 0 Å². The zero-order chi connectivity index (χ0) is 19.9. The summed E-state index contributed by atoms with van der Waals surface area (Å²) in [6, 6.07) is 2.94. The standard InChI is InChI=1S/C17H23FN2O6S/c1-2-3-6-19-16(21)12-26-17(22)13-4-5-14(18)15(11-13)27(23,24)20-7-9-25-10-8-20/h4-5,11H,2-3,6-10,12H2,1H3,(H,19,21). The Bertz CT molecular complexity index is 778. The van der Waals surface area contributed by atoms with Crippen molar-refractivity contribution in [1.29, 1.82) is 0 Å². The van der Waals surface area contributed by atoms with E-state index in [2.05, 4.69) is 5.32 Å². The van der Waals surface area contributed by atoms with Gasteiger partial charge in [-0.25, -0.2) is 17.6 Å². The predicted octanol–water partition coefficient (Wildman–Crippen LogP) is 0.920. The fourth-order valence-electron chi connectivity index (χ4n) is 2.42. The van der Waals surface area contributed by atoms with Crippen LogP contribution < -0.4 is 5.32 Å². The summed E-state index contributed by atoms with van der Waals surface area (Å²) in [7, 11) is -4.10. The van der Waals surface area contributed by atoms with Gasteiger partial charge in [0.15, 0.2) is 6.61 Å². The van der Waals surface area contributed by atoms with E-state index in [4.69, 9.17) is 9.47 Å². The Morgan fingerprint density at radius 1 is 1.30 bits per heavy atom. The number of carbonyl (C=O) groups is 2. The van der Waals surface area contributed by atoms with E-state index in [1.54, 1.807) is 0 Å². The van der Waals surface area contributed by atoms with Crippen molar-refractivity contribution >= 4 is 21.9 Å². The smallest absolute Gasteiger partial charge is 0.338 e. The number of morpholine rings is 1. The minimum Gasteiger partial charge on any atom is -0.452 e. The second kappa shape index (κ2) is 9.77. The highest BCUT2D eigenvalue weighted by Gasteiger charge is 2.30. The van der Waals surface area contributed by atoms with Crippen LogP contribution in [0.1, 0.15) is 30.1 Å². The molecule has 150 valence electrons. The molecule has 0 saturated carbocycles. The number of hydrogen-bond acceptors (Lipinski definition) is 6. The van der Waals surface area contributed by atoms with Gasteiger partial charge in [0.2, 0.25) is 10.0 Å². The SMILES string of the molecule is CCCCNC(=O)COC(=O)c1ccc(F)c(S(=O)(=O)N2CCOCC2)c1. The third kappa shape index (κ3) is 5.72. The van der Waals surface area contributed by atoms with Crippen LogP contribution in [-0.2, 0) is 24.3 Å².